The molecule has 0 aromatic carbocycles. The van der Waals surface area contributed by atoms with Gasteiger partial charge in [0.05, 0.1) is 6.10 Å². The molecule has 0 spiro atoms. The van der Waals surface area contributed by atoms with E-state index in [1.165, 1.54) is 12.8 Å². The summed E-state index contributed by atoms with van der Waals surface area (Å²) < 4.78 is 17.5. The Morgan fingerprint density at radius 1 is 1.44 bits per heavy atom. The van der Waals surface area contributed by atoms with Crippen LogP contribution in [0.15, 0.2) is 0 Å². The van der Waals surface area contributed by atoms with Crippen LogP contribution in [0.4, 0.5) is 0 Å². The Kier molecular flexibility index (Phi) is 4.79. The molecule has 0 bridgehead atoms. The molecule has 1 heterocycles. The minimum atomic E-state index is -0.709. The second-order valence-corrected chi connectivity index (χ2v) is 6.46. The predicted octanol–water partition coefficient (Wildman–Crippen LogP) is 1.30. The first-order valence-corrected chi connectivity index (χ1v) is 7.98. The van der Waals surface area contributed by atoms with Crippen LogP contribution < -0.4 is 5.32 Å². The Bertz CT molecular complexity index is 237. The number of nitrogens with one attached hydrogen (secondary N) is 1. The van der Waals surface area contributed by atoms with Gasteiger partial charge in [0.2, 0.25) is 0 Å². The standard InChI is InChI=1S/C12H23NO2S/c1-2-13-12(10-5-6-10)9-16(14)8-11-4-3-7-15-11/h10-13H,2-9H2,1H3. The SMILES string of the molecule is CCNC(CS(=O)CC1CCCO1)C1CC1. The lowest BCUT2D eigenvalue weighted by Crippen LogP contribution is -2.37. The normalized spacial score (nSPS) is 29.2. The minimum Gasteiger partial charge on any atom is -0.377 e. The lowest BCUT2D eigenvalue weighted by Gasteiger charge is -2.17. The fourth-order valence-corrected chi connectivity index (χ4v) is 3.98. The molecule has 1 aliphatic heterocycles. The molecule has 0 aromatic rings. The topological polar surface area (TPSA) is 38.3 Å². The predicted molar refractivity (Wildman–Crippen MR) is 67.0 cm³/mol. The van der Waals surface area contributed by atoms with E-state index in [1.807, 2.05) is 0 Å². The van der Waals surface area contributed by atoms with Crippen molar-refractivity contribution in [1.82, 2.24) is 5.32 Å². The van der Waals surface area contributed by atoms with E-state index in [2.05, 4.69) is 12.2 Å². The molecule has 0 radical (unpaired) electrons. The second-order valence-electron chi connectivity index (χ2n) is 4.91. The third kappa shape index (κ3) is 3.82. The summed E-state index contributed by atoms with van der Waals surface area (Å²) in [6.07, 6.45) is 5.13. The molecule has 0 amide bonds. The molecule has 3 atom stereocenters. The summed E-state index contributed by atoms with van der Waals surface area (Å²) in [5, 5.41) is 3.47. The first-order valence-electron chi connectivity index (χ1n) is 6.49. The minimum absolute atomic E-state index is 0.266. The van der Waals surface area contributed by atoms with Gasteiger partial charge in [-0.15, -0.1) is 0 Å². The maximum atomic E-state index is 12.0. The van der Waals surface area contributed by atoms with E-state index in [0.717, 1.165) is 43.4 Å². The summed E-state index contributed by atoms with van der Waals surface area (Å²) in [5.74, 6) is 2.35. The molecular weight excluding hydrogens is 222 g/mol. The van der Waals surface area contributed by atoms with E-state index in [-0.39, 0.29) is 6.10 Å². The molecule has 3 nitrogen and oxygen atoms in total. The molecule has 0 aromatic heterocycles. The third-order valence-electron chi connectivity index (χ3n) is 3.42. The van der Waals surface area contributed by atoms with E-state index in [9.17, 15) is 4.21 Å². The van der Waals surface area contributed by atoms with Crippen LogP contribution in [0.25, 0.3) is 0 Å². The lowest BCUT2D eigenvalue weighted by molar-refractivity contribution is 0.128. The van der Waals surface area contributed by atoms with Crippen molar-refractivity contribution in [2.45, 2.75) is 44.8 Å². The zero-order chi connectivity index (χ0) is 11.4. The summed E-state index contributed by atoms with van der Waals surface area (Å²) in [4.78, 5) is 0. The third-order valence-corrected chi connectivity index (χ3v) is 4.89. The van der Waals surface area contributed by atoms with Crippen LogP contribution in [0, 0.1) is 5.92 Å². The summed E-state index contributed by atoms with van der Waals surface area (Å²) in [7, 11) is -0.709. The van der Waals surface area contributed by atoms with Gasteiger partial charge >= 0.3 is 0 Å². The number of hydrogen-bond donors (Lipinski definition) is 1. The Morgan fingerprint density at radius 2 is 2.25 bits per heavy atom. The highest BCUT2D eigenvalue weighted by molar-refractivity contribution is 7.85. The van der Waals surface area contributed by atoms with Gasteiger partial charge < -0.3 is 10.1 Å². The Hall–Kier alpha value is 0.0700. The molecule has 2 rings (SSSR count). The van der Waals surface area contributed by atoms with Crippen molar-refractivity contribution in [1.29, 1.82) is 0 Å². The number of ether oxygens (including phenoxy) is 1. The molecule has 1 saturated heterocycles. The molecule has 1 saturated carbocycles. The van der Waals surface area contributed by atoms with Crippen molar-refractivity contribution in [3.63, 3.8) is 0 Å². The molecule has 1 N–H and O–H groups in total. The average Bonchev–Trinajstić information content (AvgIpc) is 2.98. The van der Waals surface area contributed by atoms with Gasteiger partial charge in [-0.2, -0.15) is 0 Å². The van der Waals surface area contributed by atoms with Crippen LogP contribution in [0.5, 0.6) is 0 Å². The number of rotatable bonds is 7. The maximum absolute atomic E-state index is 12.0. The van der Waals surface area contributed by atoms with Crippen molar-refractivity contribution in [3.8, 4) is 0 Å². The van der Waals surface area contributed by atoms with Gasteiger partial charge in [-0.25, -0.2) is 0 Å². The first kappa shape index (κ1) is 12.5. The molecule has 2 aliphatic rings. The van der Waals surface area contributed by atoms with E-state index >= 15 is 0 Å². The van der Waals surface area contributed by atoms with Crippen LogP contribution in [-0.2, 0) is 15.5 Å². The second kappa shape index (κ2) is 6.12. The van der Waals surface area contributed by atoms with Crippen LogP contribution >= 0.6 is 0 Å². The Morgan fingerprint density at radius 3 is 2.81 bits per heavy atom. The first-order chi connectivity index (χ1) is 7.79. The Balaban J connectivity index is 1.71. The summed E-state index contributed by atoms with van der Waals surface area (Å²) in [5.41, 5.74) is 0. The quantitative estimate of drug-likeness (QED) is 0.735. The smallest absolute Gasteiger partial charge is 0.0691 e. The van der Waals surface area contributed by atoms with Crippen molar-refractivity contribution in [2.24, 2.45) is 5.92 Å². The van der Waals surface area contributed by atoms with Crippen LogP contribution in [0.1, 0.15) is 32.6 Å². The fraction of sp³-hybridized carbons (Fsp3) is 1.00. The monoisotopic (exact) mass is 245 g/mol. The van der Waals surface area contributed by atoms with E-state index in [1.54, 1.807) is 0 Å². The lowest BCUT2D eigenvalue weighted by atomic mass is 10.2. The highest BCUT2D eigenvalue weighted by Crippen LogP contribution is 2.33. The Labute approximate surface area is 101 Å². The van der Waals surface area contributed by atoms with Crippen molar-refractivity contribution in [2.75, 3.05) is 24.7 Å². The highest BCUT2D eigenvalue weighted by atomic mass is 32.2. The summed E-state index contributed by atoms with van der Waals surface area (Å²) in [6.45, 7) is 3.97. The van der Waals surface area contributed by atoms with Gasteiger partial charge in [0.15, 0.2) is 0 Å². The molecule has 94 valence electrons. The van der Waals surface area contributed by atoms with Gasteiger partial charge in [0, 0.05) is 35.0 Å². The fourth-order valence-electron chi connectivity index (χ4n) is 2.37. The van der Waals surface area contributed by atoms with Gasteiger partial charge in [-0.3, -0.25) is 4.21 Å². The van der Waals surface area contributed by atoms with Gasteiger partial charge in [0.1, 0.15) is 0 Å². The van der Waals surface area contributed by atoms with Crippen LogP contribution in [0.2, 0.25) is 0 Å². The summed E-state index contributed by atoms with van der Waals surface area (Å²) >= 11 is 0. The molecule has 16 heavy (non-hydrogen) atoms. The molecular formula is C12H23NO2S. The molecule has 4 heteroatoms. The maximum Gasteiger partial charge on any atom is 0.0691 e. The van der Waals surface area contributed by atoms with Crippen LogP contribution in [-0.4, -0.2) is 41.0 Å². The summed E-state index contributed by atoms with van der Waals surface area (Å²) in [6, 6.07) is 0.479. The van der Waals surface area contributed by atoms with Gasteiger partial charge in [0.25, 0.3) is 0 Å². The molecule has 3 unspecified atom stereocenters. The van der Waals surface area contributed by atoms with Gasteiger partial charge in [-0.1, -0.05) is 6.92 Å². The van der Waals surface area contributed by atoms with Crippen molar-refractivity contribution >= 4 is 10.8 Å². The van der Waals surface area contributed by atoms with Crippen LogP contribution in [0.3, 0.4) is 0 Å². The van der Waals surface area contributed by atoms with E-state index < -0.39 is 10.8 Å². The zero-order valence-corrected chi connectivity index (χ0v) is 10.9. The van der Waals surface area contributed by atoms with Gasteiger partial charge in [-0.05, 0) is 38.1 Å². The molecule has 1 aliphatic carbocycles. The van der Waals surface area contributed by atoms with E-state index in [0.29, 0.717) is 6.04 Å². The largest absolute Gasteiger partial charge is 0.377 e. The van der Waals surface area contributed by atoms with Crippen molar-refractivity contribution < 1.29 is 8.95 Å². The van der Waals surface area contributed by atoms with E-state index in [4.69, 9.17) is 4.74 Å². The average molecular weight is 245 g/mol. The highest BCUT2D eigenvalue weighted by Gasteiger charge is 2.32. The zero-order valence-electron chi connectivity index (χ0n) is 10.1. The molecule has 2 fully saturated rings. The van der Waals surface area contributed by atoms with Crippen molar-refractivity contribution in [3.05, 3.63) is 0 Å². The number of hydrogen-bond acceptors (Lipinski definition) is 3.